The lowest BCUT2D eigenvalue weighted by Gasteiger charge is -2.36. The molecule has 1 saturated carbocycles. The van der Waals surface area contributed by atoms with Crippen LogP contribution in [0.15, 0.2) is 24.5 Å². The Morgan fingerprint density at radius 3 is 2.93 bits per heavy atom. The minimum absolute atomic E-state index is 0.222. The molecule has 2 aromatic rings. The van der Waals surface area contributed by atoms with Crippen LogP contribution in [0.4, 0.5) is 0 Å². The van der Waals surface area contributed by atoms with Crippen molar-refractivity contribution in [3.8, 4) is 0 Å². The van der Waals surface area contributed by atoms with Crippen LogP contribution in [0.5, 0.6) is 0 Å². The Kier molecular flexibility index (Phi) is 1.82. The number of nitrogens with zero attached hydrogens (tertiary/aromatic N) is 2. The highest BCUT2D eigenvalue weighted by Gasteiger charge is 2.37. The summed E-state index contributed by atoms with van der Waals surface area (Å²) in [7, 11) is 0. The van der Waals surface area contributed by atoms with Crippen molar-refractivity contribution in [1.82, 2.24) is 9.38 Å². The van der Waals surface area contributed by atoms with E-state index in [2.05, 4.69) is 4.98 Å². The summed E-state index contributed by atoms with van der Waals surface area (Å²) in [5.74, 6) is 0.959. The van der Waals surface area contributed by atoms with E-state index in [1.165, 1.54) is 6.42 Å². The summed E-state index contributed by atoms with van der Waals surface area (Å²) in [5.41, 5.74) is 7.04. The standard InChI is InChI=1S/C11H12ClN3/c12-8-2-5-15-9(6-8)7-14-10(15)11(13)3-1-4-11/h2,5-7H,1,3-4,13H2. The lowest BCUT2D eigenvalue weighted by molar-refractivity contribution is 0.237. The van der Waals surface area contributed by atoms with Gasteiger partial charge in [-0.2, -0.15) is 0 Å². The summed E-state index contributed by atoms with van der Waals surface area (Å²) in [6, 6.07) is 3.77. The fraction of sp³-hybridized carbons (Fsp3) is 0.364. The van der Waals surface area contributed by atoms with Crippen LogP contribution in [0.2, 0.25) is 5.02 Å². The second kappa shape index (κ2) is 2.97. The molecular formula is C11H12ClN3. The van der Waals surface area contributed by atoms with E-state index in [1.54, 1.807) is 0 Å². The molecule has 0 atom stereocenters. The van der Waals surface area contributed by atoms with E-state index >= 15 is 0 Å². The Balaban J connectivity index is 2.20. The molecule has 0 saturated heterocycles. The molecule has 0 unspecified atom stereocenters. The SMILES string of the molecule is NC1(c2ncc3cc(Cl)ccn23)CCC1. The predicted octanol–water partition coefficient (Wildman–Crippen LogP) is 2.33. The number of fused-ring (bicyclic) bond motifs is 1. The van der Waals surface area contributed by atoms with E-state index in [-0.39, 0.29) is 5.54 Å². The number of nitrogens with two attached hydrogens (primary N) is 1. The summed E-state index contributed by atoms with van der Waals surface area (Å²) in [6.07, 6.45) is 7.00. The van der Waals surface area contributed by atoms with Gasteiger partial charge in [0.2, 0.25) is 0 Å². The Morgan fingerprint density at radius 1 is 1.47 bits per heavy atom. The summed E-state index contributed by atoms with van der Waals surface area (Å²) in [4.78, 5) is 4.41. The monoisotopic (exact) mass is 221 g/mol. The molecule has 4 heteroatoms. The molecule has 0 amide bonds. The maximum absolute atomic E-state index is 6.26. The van der Waals surface area contributed by atoms with Gasteiger partial charge in [-0.15, -0.1) is 0 Å². The van der Waals surface area contributed by atoms with Crippen molar-refractivity contribution < 1.29 is 0 Å². The number of aromatic nitrogens is 2. The average Bonchev–Trinajstić information content (AvgIpc) is 2.57. The normalized spacial score (nSPS) is 19.1. The predicted molar refractivity (Wildman–Crippen MR) is 59.9 cm³/mol. The van der Waals surface area contributed by atoms with Crippen LogP contribution in [0.25, 0.3) is 5.52 Å². The molecule has 0 aliphatic heterocycles. The summed E-state index contributed by atoms with van der Waals surface area (Å²) < 4.78 is 2.03. The molecule has 0 spiro atoms. The summed E-state index contributed by atoms with van der Waals surface area (Å²) in [5, 5.41) is 0.730. The molecule has 1 fully saturated rings. The highest BCUT2D eigenvalue weighted by molar-refractivity contribution is 6.30. The lowest BCUT2D eigenvalue weighted by atomic mass is 9.77. The second-order valence-corrected chi connectivity index (χ2v) is 4.67. The first-order valence-corrected chi connectivity index (χ1v) is 5.49. The highest BCUT2D eigenvalue weighted by Crippen LogP contribution is 2.38. The fourth-order valence-electron chi connectivity index (χ4n) is 2.12. The molecular weight excluding hydrogens is 210 g/mol. The molecule has 2 heterocycles. The van der Waals surface area contributed by atoms with Gasteiger partial charge in [0, 0.05) is 11.2 Å². The zero-order chi connectivity index (χ0) is 10.5. The number of hydrogen-bond donors (Lipinski definition) is 1. The van der Waals surface area contributed by atoms with Crippen LogP contribution in [0.1, 0.15) is 25.1 Å². The highest BCUT2D eigenvalue weighted by atomic mass is 35.5. The van der Waals surface area contributed by atoms with Gasteiger partial charge in [0.25, 0.3) is 0 Å². The summed E-state index contributed by atoms with van der Waals surface area (Å²) in [6.45, 7) is 0. The van der Waals surface area contributed by atoms with Crippen LogP contribution in [-0.4, -0.2) is 9.38 Å². The first-order chi connectivity index (χ1) is 7.19. The van der Waals surface area contributed by atoms with Crippen molar-refractivity contribution in [3.63, 3.8) is 0 Å². The third kappa shape index (κ3) is 1.27. The largest absolute Gasteiger partial charge is 0.319 e. The fourth-order valence-corrected chi connectivity index (χ4v) is 2.29. The van der Waals surface area contributed by atoms with E-state index in [0.29, 0.717) is 0 Å². The topological polar surface area (TPSA) is 43.3 Å². The molecule has 2 aromatic heterocycles. The third-order valence-corrected chi connectivity index (χ3v) is 3.42. The quantitative estimate of drug-likeness (QED) is 0.803. The zero-order valence-corrected chi connectivity index (χ0v) is 9.04. The molecule has 0 bridgehead atoms. The first kappa shape index (κ1) is 9.19. The second-order valence-electron chi connectivity index (χ2n) is 4.23. The molecule has 3 nitrogen and oxygen atoms in total. The molecule has 15 heavy (non-hydrogen) atoms. The maximum atomic E-state index is 6.26. The van der Waals surface area contributed by atoms with Crippen LogP contribution < -0.4 is 5.73 Å². The smallest absolute Gasteiger partial charge is 0.133 e. The number of hydrogen-bond acceptors (Lipinski definition) is 2. The first-order valence-electron chi connectivity index (χ1n) is 5.11. The van der Waals surface area contributed by atoms with Crippen LogP contribution >= 0.6 is 11.6 Å². The lowest BCUT2D eigenvalue weighted by Crippen LogP contribution is -2.44. The van der Waals surface area contributed by atoms with Crippen LogP contribution in [-0.2, 0) is 5.54 Å². The Labute approximate surface area is 92.9 Å². The van der Waals surface area contributed by atoms with Crippen molar-refractivity contribution in [2.45, 2.75) is 24.8 Å². The van der Waals surface area contributed by atoms with Gasteiger partial charge < -0.3 is 10.1 Å². The van der Waals surface area contributed by atoms with Gasteiger partial charge >= 0.3 is 0 Å². The maximum Gasteiger partial charge on any atom is 0.133 e. The Hall–Kier alpha value is -1.06. The number of pyridine rings is 1. The summed E-state index contributed by atoms with van der Waals surface area (Å²) >= 11 is 5.92. The molecule has 1 aliphatic carbocycles. The van der Waals surface area contributed by atoms with Crippen molar-refractivity contribution in [3.05, 3.63) is 35.4 Å². The van der Waals surface area contributed by atoms with Crippen molar-refractivity contribution in [1.29, 1.82) is 0 Å². The van der Waals surface area contributed by atoms with Crippen LogP contribution in [0, 0.1) is 0 Å². The molecule has 0 radical (unpaired) electrons. The van der Waals surface area contributed by atoms with Gasteiger partial charge in [0.05, 0.1) is 17.3 Å². The molecule has 1 aliphatic rings. The van der Waals surface area contributed by atoms with Crippen molar-refractivity contribution >= 4 is 17.1 Å². The van der Waals surface area contributed by atoms with Gasteiger partial charge in [0.1, 0.15) is 5.82 Å². The van der Waals surface area contributed by atoms with E-state index < -0.39 is 0 Å². The number of imidazole rings is 1. The van der Waals surface area contributed by atoms with Crippen molar-refractivity contribution in [2.75, 3.05) is 0 Å². The van der Waals surface area contributed by atoms with Gasteiger partial charge in [-0.25, -0.2) is 4.98 Å². The average molecular weight is 222 g/mol. The molecule has 3 rings (SSSR count). The Morgan fingerprint density at radius 2 is 2.27 bits per heavy atom. The van der Waals surface area contributed by atoms with E-state index in [9.17, 15) is 0 Å². The van der Waals surface area contributed by atoms with Crippen molar-refractivity contribution in [2.24, 2.45) is 5.73 Å². The Bertz CT molecular complexity index is 514. The minimum Gasteiger partial charge on any atom is -0.319 e. The van der Waals surface area contributed by atoms with Gasteiger partial charge in [-0.05, 0) is 31.4 Å². The number of rotatable bonds is 1. The van der Waals surface area contributed by atoms with Gasteiger partial charge in [-0.1, -0.05) is 11.6 Å². The van der Waals surface area contributed by atoms with Crippen LogP contribution in [0.3, 0.4) is 0 Å². The zero-order valence-electron chi connectivity index (χ0n) is 8.28. The third-order valence-electron chi connectivity index (χ3n) is 3.19. The number of halogens is 1. The molecule has 0 aromatic carbocycles. The van der Waals surface area contributed by atoms with E-state index in [0.717, 1.165) is 29.2 Å². The van der Waals surface area contributed by atoms with E-state index in [1.807, 2.05) is 28.9 Å². The molecule has 78 valence electrons. The minimum atomic E-state index is -0.222. The van der Waals surface area contributed by atoms with Gasteiger partial charge in [-0.3, -0.25) is 0 Å². The van der Waals surface area contributed by atoms with Gasteiger partial charge in [0.15, 0.2) is 0 Å². The molecule has 2 N–H and O–H groups in total. The van der Waals surface area contributed by atoms with E-state index in [4.69, 9.17) is 17.3 Å².